The second kappa shape index (κ2) is 5.21. The molecule has 1 fully saturated rings. The summed E-state index contributed by atoms with van der Waals surface area (Å²) in [5.41, 5.74) is 1.11. The largest absolute Gasteiger partial charge is 0.497 e. The first-order valence-corrected chi connectivity index (χ1v) is 5.97. The fourth-order valence-corrected chi connectivity index (χ4v) is 2.37. The zero-order valence-corrected chi connectivity index (χ0v) is 10.4. The Kier molecular flexibility index (Phi) is 3.67. The molecular formula is C14H18O3. The molecule has 2 rings (SSSR count). The molecule has 0 radical (unpaired) electrons. The third-order valence-corrected chi connectivity index (χ3v) is 3.32. The Hall–Kier alpha value is -1.51. The number of hydrogen-bond donors (Lipinski definition) is 0. The fraction of sp³-hybridized carbons (Fsp3) is 0.500. The van der Waals surface area contributed by atoms with E-state index in [0.717, 1.165) is 42.7 Å². The summed E-state index contributed by atoms with van der Waals surface area (Å²) in [5.74, 6) is 2.15. The molecule has 0 spiro atoms. The van der Waals surface area contributed by atoms with Crippen LogP contribution in [-0.4, -0.2) is 20.0 Å². The van der Waals surface area contributed by atoms with Gasteiger partial charge in [-0.25, -0.2) is 0 Å². The second-order valence-corrected chi connectivity index (χ2v) is 4.48. The minimum atomic E-state index is 0.187. The third kappa shape index (κ3) is 2.78. The number of ketones is 1. The van der Waals surface area contributed by atoms with Crippen molar-refractivity contribution < 1.29 is 14.3 Å². The number of Topliss-reactive ketones (excluding diaryl/α,β-unsaturated/α-hetero) is 1. The standard InChI is InChI=1S/C14H18O3/c1-16-12-7-10(8-13(9-12)17-2)6-11-4-3-5-14(11)15/h7-9,11H,3-6H2,1-2H3. The van der Waals surface area contributed by atoms with Crippen LogP contribution in [0.4, 0.5) is 0 Å². The summed E-state index contributed by atoms with van der Waals surface area (Å²) >= 11 is 0. The molecule has 0 heterocycles. The maximum atomic E-state index is 11.6. The lowest BCUT2D eigenvalue weighted by molar-refractivity contribution is -0.120. The van der Waals surface area contributed by atoms with Gasteiger partial charge in [-0.3, -0.25) is 4.79 Å². The highest BCUT2D eigenvalue weighted by Gasteiger charge is 2.24. The maximum Gasteiger partial charge on any atom is 0.136 e. The Morgan fingerprint density at radius 3 is 2.29 bits per heavy atom. The third-order valence-electron chi connectivity index (χ3n) is 3.32. The number of carbonyl (C=O) groups is 1. The molecule has 0 bridgehead atoms. The van der Waals surface area contributed by atoms with Crippen LogP contribution in [0.3, 0.4) is 0 Å². The van der Waals surface area contributed by atoms with Gasteiger partial charge in [-0.1, -0.05) is 0 Å². The molecule has 1 aromatic carbocycles. The van der Waals surface area contributed by atoms with E-state index in [4.69, 9.17) is 9.47 Å². The van der Waals surface area contributed by atoms with E-state index in [2.05, 4.69) is 0 Å². The highest BCUT2D eigenvalue weighted by molar-refractivity contribution is 5.83. The van der Waals surface area contributed by atoms with Crippen LogP contribution in [0.15, 0.2) is 18.2 Å². The maximum absolute atomic E-state index is 11.6. The first-order valence-electron chi connectivity index (χ1n) is 5.97. The SMILES string of the molecule is COc1cc(CC2CCCC2=O)cc(OC)c1. The first kappa shape index (κ1) is 12.0. The van der Waals surface area contributed by atoms with Crippen molar-refractivity contribution >= 4 is 5.78 Å². The Balaban J connectivity index is 2.16. The Bertz CT molecular complexity index is 390. The zero-order chi connectivity index (χ0) is 12.3. The molecule has 17 heavy (non-hydrogen) atoms. The van der Waals surface area contributed by atoms with Crippen molar-refractivity contribution in [3.05, 3.63) is 23.8 Å². The summed E-state index contributed by atoms with van der Waals surface area (Å²) in [5, 5.41) is 0. The quantitative estimate of drug-likeness (QED) is 0.803. The van der Waals surface area contributed by atoms with Gasteiger partial charge in [0, 0.05) is 18.4 Å². The number of methoxy groups -OCH3 is 2. The molecule has 0 N–H and O–H groups in total. The summed E-state index contributed by atoms with van der Waals surface area (Å²) in [6.07, 6.45) is 3.58. The van der Waals surface area contributed by atoms with Crippen molar-refractivity contribution in [2.75, 3.05) is 14.2 Å². The zero-order valence-electron chi connectivity index (χ0n) is 10.4. The normalized spacial score (nSPS) is 19.4. The minimum Gasteiger partial charge on any atom is -0.497 e. The van der Waals surface area contributed by atoms with Crippen molar-refractivity contribution in [1.82, 2.24) is 0 Å². The topological polar surface area (TPSA) is 35.5 Å². The molecule has 1 aromatic rings. The number of rotatable bonds is 4. The van der Waals surface area contributed by atoms with Crippen molar-refractivity contribution in [2.24, 2.45) is 5.92 Å². The monoisotopic (exact) mass is 234 g/mol. The van der Waals surface area contributed by atoms with Crippen LogP contribution in [0.25, 0.3) is 0 Å². The number of benzene rings is 1. The highest BCUT2D eigenvalue weighted by atomic mass is 16.5. The van der Waals surface area contributed by atoms with Crippen LogP contribution in [-0.2, 0) is 11.2 Å². The number of hydrogen-bond acceptors (Lipinski definition) is 3. The molecule has 0 aliphatic heterocycles. The molecule has 3 heteroatoms. The van der Waals surface area contributed by atoms with Crippen LogP contribution in [0.2, 0.25) is 0 Å². The van der Waals surface area contributed by atoms with E-state index >= 15 is 0 Å². The van der Waals surface area contributed by atoms with Gasteiger partial charge in [0.1, 0.15) is 17.3 Å². The molecule has 0 aromatic heterocycles. The van der Waals surface area contributed by atoms with E-state index < -0.39 is 0 Å². The Morgan fingerprint density at radius 2 is 1.82 bits per heavy atom. The molecular weight excluding hydrogens is 216 g/mol. The van der Waals surface area contributed by atoms with E-state index in [0.29, 0.717) is 5.78 Å². The Morgan fingerprint density at radius 1 is 1.18 bits per heavy atom. The van der Waals surface area contributed by atoms with Gasteiger partial charge in [0.05, 0.1) is 14.2 Å². The average Bonchev–Trinajstić information content (AvgIpc) is 2.74. The molecule has 0 amide bonds. The van der Waals surface area contributed by atoms with Crippen molar-refractivity contribution in [1.29, 1.82) is 0 Å². The molecule has 1 aliphatic rings. The molecule has 1 saturated carbocycles. The van der Waals surface area contributed by atoms with Gasteiger partial charge in [-0.15, -0.1) is 0 Å². The lowest BCUT2D eigenvalue weighted by Gasteiger charge is -2.11. The van der Waals surface area contributed by atoms with Crippen LogP contribution in [0.1, 0.15) is 24.8 Å². The molecule has 0 saturated heterocycles. The molecule has 1 unspecified atom stereocenters. The van der Waals surface area contributed by atoms with Gasteiger partial charge in [-0.2, -0.15) is 0 Å². The van der Waals surface area contributed by atoms with Crippen molar-refractivity contribution in [3.63, 3.8) is 0 Å². The van der Waals surface area contributed by atoms with Crippen LogP contribution < -0.4 is 9.47 Å². The van der Waals surface area contributed by atoms with Gasteiger partial charge in [-0.05, 0) is 37.0 Å². The van der Waals surface area contributed by atoms with Crippen LogP contribution in [0, 0.1) is 5.92 Å². The molecule has 1 atom stereocenters. The summed E-state index contributed by atoms with van der Waals surface area (Å²) in [7, 11) is 3.28. The van der Waals surface area contributed by atoms with Crippen molar-refractivity contribution in [2.45, 2.75) is 25.7 Å². The number of ether oxygens (including phenoxy) is 2. The highest BCUT2D eigenvalue weighted by Crippen LogP contribution is 2.29. The van der Waals surface area contributed by atoms with Crippen LogP contribution in [0.5, 0.6) is 11.5 Å². The lowest BCUT2D eigenvalue weighted by atomic mass is 9.97. The van der Waals surface area contributed by atoms with E-state index in [9.17, 15) is 4.79 Å². The average molecular weight is 234 g/mol. The summed E-state index contributed by atoms with van der Waals surface area (Å²) in [6.45, 7) is 0. The lowest BCUT2D eigenvalue weighted by Crippen LogP contribution is -2.09. The van der Waals surface area contributed by atoms with Crippen molar-refractivity contribution in [3.8, 4) is 11.5 Å². The fourth-order valence-electron chi connectivity index (χ4n) is 2.37. The van der Waals surface area contributed by atoms with E-state index in [1.54, 1.807) is 14.2 Å². The van der Waals surface area contributed by atoms with Gasteiger partial charge in [0.15, 0.2) is 0 Å². The van der Waals surface area contributed by atoms with Gasteiger partial charge in [0.2, 0.25) is 0 Å². The first-order chi connectivity index (χ1) is 8.22. The predicted molar refractivity (Wildman–Crippen MR) is 65.6 cm³/mol. The summed E-state index contributed by atoms with van der Waals surface area (Å²) in [4.78, 5) is 11.6. The second-order valence-electron chi connectivity index (χ2n) is 4.48. The summed E-state index contributed by atoms with van der Waals surface area (Å²) in [6, 6.07) is 5.81. The predicted octanol–water partition coefficient (Wildman–Crippen LogP) is 2.62. The number of carbonyl (C=O) groups excluding carboxylic acids is 1. The minimum absolute atomic E-state index is 0.187. The van der Waals surface area contributed by atoms with Crippen LogP contribution >= 0.6 is 0 Å². The van der Waals surface area contributed by atoms with E-state index in [1.165, 1.54) is 0 Å². The Labute approximate surface area is 102 Å². The van der Waals surface area contributed by atoms with Gasteiger partial charge >= 0.3 is 0 Å². The van der Waals surface area contributed by atoms with Gasteiger partial charge < -0.3 is 9.47 Å². The molecule has 3 nitrogen and oxygen atoms in total. The summed E-state index contributed by atoms with van der Waals surface area (Å²) < 4.78 is 10.4. The van der Waals surface area contributed by atoms with E-state index in [1.807, 2.05) is 18.2 Å². The smallest absolute Gasteiger partial charge is 0.136 e. The van der Waals surface area contributed by atoms with E-state index in [-0.39, 0.29) is 5.92 Å². The molecule has 1 aliphatic carbocycles. The van der Waals surface area contributed by atoms with Gasteiger partial charge in [0.25, 0.3) is 0 Å². The molecule has 92 valence electrons.